The van der Waals surface area contributed by atoms with E-state index in [0.29, 0.717) is 6.42 Å². The van der Waals surface area contributed by atoms with Gasteiger partial charge < -0.3 is 10.4 Å². The predicted molar refractivity (Wildman–Crippen MR) is 69.3 cm³/mol. The average molecular weight is 268 g/mol. The Balaban J connectivity index is 2.81. The van der Waals surface area contributed by atoms with Crippen molar-refractivity contribution in [2.75, 3.05) is 0 Å². The van der Waals surface area contributed by atoms with E-state index in [0.717, 1.165) is 5.01 Å². The summed E-state index contributed by atoms with van der Waals surface area (Å²) in [7, 11) is 0. The normalized spacial score (nSPS) is 13.7. The molecule has 0 spiro atoms. The molecular formula is C12H16N2O3S. The fourth-order valence-electron chi connectivity index (χ4n) is 1.34. The quantitative estimate of drug-likeness (QED) is 0.802. The van der Waals surface area contributed by atoms with Crippen LogP contribution in [-0.4, -0.2) is 22.0 Å². The number of amides is 1. The van der Waals surface area contributed by atoms with Crippen molar-refractivity contribution in [1.82, 2.24) is 10.3 Å². The maximum absolute atomic E-state index is 11.9. The fourth-order valence-corrected chi connectivity index (χ4v) is 2.11. The molecule has 0 aliphatic carbocycles. The Kier molecular flexibility index (Phi) is 5.03. The van der Waals surface area contributed by atoms with Gasteiger partial charge >= 0.3 is 5.97 Å². The molecule has 0 saturated heterocycles. The molecule has 1 rings (SSSR count). The van der Waals surface area contributed by atoms with E-state index in [1.165, 1.54) is 25.2 Å². The number of aromatic nitrogens is 1. The lowest BCUT2D eigenvalue weighted by Gasteiger charge is -2.15. The first-order valence-corrected chi connectivity index (χ1v) is 6.46. The Morgan fingerprint density at radius 1 is 1.44 bits per heavy atom. The topological polar surface area (TPSA) is 79.3 Å². The van der Waals surface area contributed by atoms with Gasteiger partial charge in [0.15, 0.2) is 0 Å². The van der Waals surface area contributed by atoms with Crippen molar-refractivity contribution in [3.63, 3.8) is 0 Å². The van der Waals surface area contributed by atoms with Gasteiger partial charge in [0.2, 0.25) is 5.91 Å². The lowest BCUT2D eigenvalue weighted by atomic mass is 10.1. The molecule has 0 saturated carbocycles. The minimum atomic E-state index is -1.08. The second-order valence-electron chi connectivity index (χ2n) is 3.86. The van der Waals surface area contributed by atoms with Crippen LogP contribution in [-0.2, 0) is 9.59 Å². The number of rotatable bonds is 5. The molecule has 2 N–H and O–H groups in total. The summed E-state index contributed by atoms with van der Waals surface area (Å²) in [5, 5.41) is 14.3. The number of carbonyl (C=O) groups excluding carboxylic acids is 1. The van der Waals surface area contributed by atoms with E-state index in [1.54, 1.807) is 6.20 Å². The van der Waals surface area contributed by atoms with Crippen LogP contribution < -0.4 is 5.32 Å². The molecule has 0 fully saturated rings. The largest absolute Gasteiger partial charge is 0.478 e. The molecule has 0 aliphatic rings. The van der Waals surface area contributed by atoms with Crippen molar-refractivity contribution >= 4 is 23.2 Å². The SMILES string of the molecule is CCC(NC(=O)C(C)=C(C)C(=O)O)c1nccs1. The van der Waals surface area contributed by atoms with Gasteiger partial charge in [0.1, 0.15) is 5.01 Å². The van der Waals surface area contributed by atoms with Gasteiger partial charge in [0.05, 0.1) is 6.04 Å². The maximum atomic E-state index is 11.9. The monoisotopic (exact) mass is 268 g/mol. The molecule has 1 atom stereocenters. The molecule has 0 aliphatic heterocycles. The van der Waals surface area contributed by atoms with E-state index in [9.17, 15) is 9.59 Å². The first kappa shape index (κ1) is 14.4. The number of nitrogens with zero attached hydrogens (tertiary/aromatic N) is 1. The third-order valence-corrected chi connectivity index (χ3v) is 3.58. The van der Waals surface area contributed by atoms with Crippen molar-refractivity contribution in [3.05, 3.63) is 27.7 Å². The van der Waals surface area contributed by atoms with Crippen LogP contribution in [0.2, 0.25) is 0 Å². The fraction of sp³-hybridized carbons (Fsp3) is 0.417. The number of carboxylic acid groups (broad SMARTS) is 1. The lowest BCUT2D eigenvalue weighted by Crippen LogP contribution is -2.29. The number of carboxylic acids is 1. The Morgan fingerprint density at radius 2 is 2.11 bits per heavy atom. The molecule has 0 bridgehead atoms. The zero-order valence-corrected chi connectivity index (χ0v) is 11.4. The van der Waals surface area contributed by atoms with Crippen molar-refractivity contribution in [2.45, 2.75) is 33.2 Å². The maximum Gasteiger partial charge on any atom is 0.331 e. The van der Waals surface area contributed by atoms with Crippen LogP contribution >= 0.6 is 11.3 Å². The predicted octanol–water partition coefficient (Wildman–Crippen LogP) is 2.13. The standard InChI is InChI=1S/C12H16N2O3S/c1-4-9(11-13-5-6-18-11)14-10(15)7(2)8(3)12(16)17/h5-6,9H,4H2,1-3H3,(H,14,15)(H,16,17). The third kappa shape index (κ3) is 3.40. The van der Waals surface area contributed by atoms with Crippen molar-refractivity contribution in [2.24, 2.45) is 0 Å². The summed E-state index contributed by atoms with van der Waals surface area (Å²) in [6.07, 6.45) is 2.39. The summed E-state index contributed by atoms with van der Waals surface area (Å²) in [6, 6.07) is -0.172. The van der Waals surface area contributed by atoms with Gasteiger partial charge in [-0.1, -0.05) is 6.92 Å². The van der Waals surface area contributed by atoms with Crippen LogP contribution in [0, 0.1) is 0 Å². The van der Waals surface area contributed by atoms with Gasteiger partial charge in [-0.25, -0.2) is 9.78 Å². The molecular weight excluding hydrogens is 252 g/mol. The summed E-state index contributed by atoms with van der Waals surface area (Å²) in [5.74, 6) is -1.44. The van der Waals surface area contributed by atoms with Crippen LogP contribution in [0.4, 0.5) is 0 Å². The minimum Gasteiger partial charge on any atom is -0.478 e. The highest BCUT2D eigenvalue weighted by molar-refractivity contribution is 7.09. The van der Waals surface area contributed by atoms with Gasteiger partial charge in [-0.15, -0.1) is 11.3 Å². The number of hydrogen-bond acceptors (Lipinski definition) is 4. The number of carbonyl (C=O) groups is 2. The first-order chi connectivity index (χ1) is 8.47. The zero-order chi connectivity index (χ0) is 13.7. The summed E-state index contributed by atoms with van der Waals surface area (Å²) >= 11 is 1.47. The third-order valence-electron chi connectivity index (χ3n) is 2.69. The van der Waals surface area contributed by atoms with Crippen LogP contribution in [0.15, 0.2) is 22.7 Å². The molecule has 0 radical (unpaired) electrons. The molecule has 0 aromatic carbocycles. The van der Waals surface area contributed by atoms with Gasteiger partial charge in [-0.05, 0) is 20.3 Å². The molecule has 1 aromatic rings. The highest BCUT2D eigenvalue weighted by Crippen LogP contribution is 2.19. The summed E-state index contributed by atoms with van der Waals surface area (Å²) in [4.78, 5) is 26.8. The van der Waals surface area contributed by atoms with Gasteiger partial charge in [0.25, 0.3) is 0 Å². The number of aliphatic carboxylic acids is 1. The Bertz CT molecular complexity index is 466. The first-order valence-electron chi connectivity index (χ1n) is 5.58. The Hall–Kier alpha value is -1.69. The Morgan fingerprint density at radius 3 is 2.56 bits per heavy atom. The lowest BCUT2D eigenvalue weighted by molar-refractivity contribution is -0.133. The van der Waals surface area contributed by atoms with E-state index in [2.05, 4.69) is 10.3 Å². The van der Waals surface area contributed by atoms with Crippen molar-refractivity contribution in [3.8, 4) is 0 Å². The molecule has 6 heteroatoms. The summed E-state index contributed by atoms with van der Waals surface area (Å²) < 4.78 is 0. The highest BCUT2D eigenvalue weighted by atomic mass is 32.1. The van der Waals surface area contributed by atoms with E-state index in [-0.39, 0.29) is 23.1 Å². The van der Waals surface area contributed by atoms with E-state index < -0.39 is 5.97 Å². The molecule has 1 heterocycles. The number of hydrogen-bond donors (Lipinski definition) is 2. The molecule has 5 nitrogen and oxygen atoms in total. The minimum absolute atomic E-state index is 0.0569. The van der Waals surface area contributed by atoms with E-state index in [4.69, 9.17) is 5.11 Å². The van der Waals surface area contributed by atoms with Crippen molar-refractivity contribution in [1.29, 1.82) is 0 Å². The van der Waals surface area contributed by atoms with Crippen LogP contribution in [0.1, 0.15) is 38.2 Å². The van der Waals surface area contributed by atoms with E-state index in [1.807, 2.05) is 12.3 Å². The molecule has 98 valence electrons. The zero-order valence-electron chi connectivity index (χ0n) is 10.6. The molecule has 18 heavy (non-hydrogen) atoms. The highest BCUT2D eigenvalue weighted by Gasteiger charge is 2.18. The molecule has 1 unspecified atom stereocenters. The van der Waals surface area contributed by atoms with Gasteiger partial charge in [0, 0.05) is 22.7 Å². The van der Waals surface area contributed by atoms with Crippen LogP contribution in [0.25, 0.3) is 0 Å². The molecule has 1 amide bonds. The smallest absolute Gasteiger partial charge is 0.331 e. The average Bonchev–Trinajstić information content (AvgIpc) is 2.87. The molecule has 1 aromatic heterocycles. The summed E-state index contributed by atoms with van der Waals surface area (Å²) in [6.45, 7) is 4.87. The van der Waals surface area contributed by atoms with Crippen LogP contribution in [0.3, 0.4) is 0 Å². The summed E-state index contributed by atoms with van der Waals surface area (Å²) in [5.41, 5.74) is 0.277. The van der Waals surface area contributed by atoms with Crippen molar-refractivity contribution < 1.29 is 14.7 Å². The van der Waals surface area contributed by atoms with Gasteiger partial charge in [-0.3, -0.25) is 4.79 Å². The number of nitrogens with one attached hydrogen (secondary N) is 1. The Labute approximate surface area is 110 Å². The number of thiazole rings is 1. The van der Waals surface area contributed by atoms with E-state index >= 15 is 0 Å². The van der Waals surface area contributed by atoms with Gasteiger partial charge in [-0.2, -0.15) is 0 Å². The second kappa shape index (κ2) is 6.30. The second-order valence-corrected chi connectivity index (χ2v) is 4.79. The van der Waals surface area contributed by atoms with Crippen LogP contribution in [0.5, 0.6) is 0 Å².